The number of likely N-dealkylation sites (N-methyl/N-ethyl adjacent to an activating group) is 1. The van der Waals surface area contributed by atoms with Gasteiger partial charge in [0.05, 0.1) is 0 Å². The SMILES string of the molecule is CCN(CC1CCCCN1)C(=O)C#Cc1ccccc1. The Balaban J connectivity index is 1.93. The number of hydrogen-bond acceptors (Lipinski definition) is 2. The third-order valence-corrected chi connectivity index (χ3v) is 3.61. The molecule has 1 N–H and O–H groups in total. The minimum atomic E-state index is -0.0799. The highest BCUT2D eigenvalue weighted by Gasteiger charge is 2.18. The summed E-state index contributed by atoms with van der Waals surface area (Å²) < 4.78 is 0. The van der Waals surface area contributed by atoms with Gasteiger partial charge in [0.15, 0.2) is 0 Å². The molecule has 3 heteroatoms. The molecule has 1 heterocycles. The summed E-state index contributed by atoms with van der Waals surface area (Å²) >= 11 is 0. The summed E-state index contributed by atoms with van der Waals surface area (Å²) in [5, 5.41) is 3.47. The molecule has 1 aromatic rings. The lowest BCUT2D eigenvalue weighted by Crippen LogP contribution is -2.45. The topological polar surface area (TPSA) is 32.3 Å². The first-order valence-corrected chi connectivity index (χ1v) is 7.39. The summed E-state index contributed by atoms with van der Waals surface area (Å²) in [4.78, 5) is 14.0. The van der Waals surface area contributed by atoms with Gasteiger partial charge in [-0.15, -0.1) is 0 Å². The maximum Gasteiger partial charge on any atom is 0.298 e. The van der Waals surface area contributed by atoms with E-state index >= 15 is 0 Å². The Hall–Kier alpha value is -1.79. The Kier molecular flexibility index (Phi) is 5.64. The van der Waals surface area contributed by atoms with Crippen molar-refractivity contribution in [1.29, 1.82) is 0 Å². The fraction of sp³-hybridized carbons (Fsp3) is 0.471. The Morgan fingerprint density at radius 1 is 1.35 bits per heavy atom. The summed E-state index contributed by atoms with van der Waals surface area (Å²) in [7, 11) is 0. The second-order valence-electron chi connectivity index (χ2n) is 5.11. The molecule has 1 atom stereocenters. The second kappa shape index (κ2) is 7.72. The van der Waals surface area contributed by atoms with Gasteiger partial charge >= 0.3 is 0 Å². The van der Waals surface area contributed by atoms with Crippen molar-refractivity contribution in [2.24, 2.45) is 0 Å². The van der Waals surface area contributed by atoms with Gasteiger partial charge in [0.1, 0.15) is 0 Å². The van der Waals surface area contributed by atoms with Crippen molar-refractivity contribution in [2.75, 3.05) is 19.6 Å². The maximum absolute atomic E-state index is 12.1. The summed E-state index contributed by atoms with van der Waals surface area (Å²) in [6.07, 6.45) is 3.64. The van der Waals surface area contributed by atoms with E-state index < -0.39 is 0 Å². The van der Waals surface area contributed by atoms with E-state index in [2.05, 4.69) is 17.2 Å². The van der Waals surface area contributed by atoms with E-state index in [9.17, 15) is 4.79 Å². The van der Waals surface area contributed by atoms with Crippen LogP contribution >= 0.6 is 0 Å². The van der Waals surface area contributed by atoms with Crippen LogP contribution in [0.5, 0.6) is 0 Å². The van der Waals surface area contributed by atoms with E-state index in [1.54, 1.807) is 0 Å². The number of amides is 1. The Bertz CT molecular complexity index is 481. The number of hydrogen-bond donors (Lipinski definition) is 1. The number of carbonyl (C=O) groups is 1. The standard InChI is InChI=1S/C17H22N2O/c1-2-19(14-16-10-6-7-13-18-16)17(20)12-11-15-8-4-3-5-9-15/h3-5,8-9,16,18H,2,6-7,10,13-14H2,1H3. The largest absolute Gasteiger partial charge is 0.331 e. The number of nitrogens with one attached hydrogen (secondary N) is 1. The molecule has 0 bridgehead atoms. The molecule has 1 unspecified atom stereocenters. The number of benzene rings is 1. The minimum Gasteiger partial charge on any atom is -0.331 e. The van der Waals surface area contributed by atoms with E-state index in [4.69, 9.17) is 0 Å². The number of nitrogens with zero attached hydrogens (tertiary/aromatic N) is 1. The molecule has 0 aliphatic carbocycles. The molecule has 0 radical (unpaired) electrons. The van der Waals surface area contributed by atoms with Crippen LogP contribution in [0, 0.1) is 11.8 Å². The monoisotopic (exact) mass is 270 g/mol. The molecule has 1 fully saturated rings. The van der Waals surface area contributed by atoms with Crippen LogP contribution in [-0.2, 0) is 4.79 Å². The van der Waals surface area contributed by atoms with Gasteiger partial charge in [-0.25, -0.2) is 0 Å². The van der Waals surface area contributed by atoms with Crippen LogP contribution in [0.25, 0.3) is 0 Å². The molecule has 106 valence electrons. The fourth-order valence-corrected chi connectivity index (χ4v) is 2.43. The predicted molar refractivity (Wildman–Crippen MR) is 81.2 cm³/mol. The van der Waals surface area contributed by atoms with Gasteiger partial charge in [-0.05, 0) is 38.4 Å². The summed E-state index contributed by atoms with van der Waals surface area (Å²) in [6.45, 7) is 4.54. The molecule has 0 spiro atoms. The van der Waals surface area contributed by atoms with Crippen molar-refractivity contribution < 1.29 is 4.79 Å². The van der Waals surface area contributed by atoms with E-state index in [1.165, 1.54) is 12.8 Å². The quantitative estimate of drug-likeness (QED) is 0.852. The summed E-state index contributed by atoms with van der Waals surface area (Å²) in [5.41, 5.74) is 0.882. The zero-order valence-electron chi connectivity index (χ0n) is 12.1. The Morgan fingerprint density at radius 2 is 2.15 bits per heavy atom. The van der Waals surface area contributed by atoms with Crippen LogP contribution in [0.3, 0.4) is 0 Å². The van der Waals surface area contributed by atoms with Crippen LogP contribution in [0.1, 0.15) is 31.7 Å². The second-order valence-corrected chi connectivity index (χ2v) is 5.11. The lowest BCUT2D eigenvalue weighted by molar-refractivity contribution is -0.125. The molecule has 1 amide bonds. The van der Waals surface area contributed by atoms with Gasteiger partial charge in [-0.1, -0.05) is 30.5 Å². The van der Waals surface area contributed by atoms with Gasteiger partial charge < -0.3 is 10.2 Å². The van der Waals surface area contributed by atoms with Crippen molar-refractivity contribution >= 4 is 5.91 Å². The third kappa shape index (κ3) is 4.40. The van der Waals surface area contributed by atoms with Crippen LogP contribution in [0.2, 0.25) is 0 Å². The van der Waals surface area contributed by atoms with Crippen LogP contribution in [0.15, 0.2) is 30.3 Å². The molecule has 1 aliphatic heterocycles. The highest BCUT2D eigenvalue weighted by atomic mass is 16.2. The zero-order chi connectivity index (χ0) is 14.2. The van der Waals surface area contributed by atoms with Gasteiger partial charge in [-0.2, -0.15) is 0 Å². The zero-order valence-corrected chi connectivity index (χ0v) is 12.1. The highest BCUT2D eigenvalue weighted by Crippen LogP contribution is 2.08. The van der Waals surface area contributed by atoms with Gasteiger partial charge in [0, 0.05) is 30.6 Å². The lowest BCUT2D eigenvalue weighted by atomic mass is 10.0. The smallest absolute Gasteiger partial charge is 0.298 e. The van der Waals surface area contributed by atoms with Crippen molar-refractivity contribution in [1.82, 2.24) is 10.2 Å². The minimum absolute atomic E-state index is 0.0799. The average Bonchev–Trinajstić information content (AvgIpc) is 2.52. The van der Waals surface area contributed by atoms with Gasteiger partial charge in [0.25, 0.3) is 5.91 Å². The van der Waals surface area contributed by atoms with Crippen molar-refractivity contribution in [2.45, 2.75) is 32.2 Å². The molecule has 3 nitrogen and oxygen atoms in total. The van der Waals surface area contributed by atoms with E-state index in [-0.39, 0.29) is 5.91 Å². The lowest BCUT2D eigenvalue weighted by Gasteiger charge is -2.28. The Labute approximate surface area is 121 Å². The summed E-state index contributed by atoms with van der Waals surface area (Å²) in [5.74, 6) is 5.60. The number of carbonyl (C=O) groups excluding carboxylic acids is 1. The maximum atomic E-state index is 12.1. The average molecular weight is 270 g/mol. The molecule has 1 aliphatic rings. The van der Waals surface area contributed by atoms with E-state index in [1.807, 2.05) is 42.2 Å². The normalized spacial score (nSPS) is 17.9. The van der Waals surface area contributed by atoms with Gasteiger partial charge in [-0.3, -0.25) is 4.79 Å². The summed E-state index contributed by atoms with van der Waals surface area (Å²) in [6, 6.07) is 10.1. The third-order valence-electron chi connectivity index (χ3n) is 3.61. The number of piperidine rings is 1. The van der Waals surface area contributed by atoms with Crippen molar-refractivity contribution in [3.8, 4) is 11.8 Å². The van der Waals surface area contributed by atoms with Gasteiger partial charge in [0.2, 0.25) is 0 Å². The van der Waals surface area contributed by atoms with Crippen LogP contribution < -0.4 is 5.32 Å². The molecule has 1 aromatic carbocycles. The van der Waals surface area contributed by atoms with E-state index in [0.29, 0.717) is 12.6 Å². The molecular weight excluding hydrogens is 248 g/mol. The van der Waals surface area contributed by atoms with E-state index in [0.717, 1.165) is 25.1 Å². The van der Waals surface area contributed by atoms with Crippen molar-refractivity contribution in [3.63, 3.8) is 0 Å². The van der Waals surface area contributed by atoms with Crippen LogP contribution in [-0.4, -0.2) is 36.5 Å². The Morgan fingerprint density at radius 3 is 2.80 bits per heavy atom. The first-order valence-electron chi connectivity index (χ1n) is 7.39. The van der Waals surface area contributed by atoms with Crippen molar-refractivity contribution in [3.05, 3.63) is 35.9 Å². The molecule has 1 saturated heterocycles. The molecule has 0 saturated carbocycles. The molecule has 0 aromatic heterocycles. The molecule has 2 rings (SSSR count). The molecular formula is C17H22N2O. The first kappa shape index (κ1) is 14.6. The predicted octanol–water partition coefficient (Wildman–Crippen LogP) is 2.03. The number of rotatable bonds is 3. The van der Waals surface area contributed by atoms with Crippen LogP contribution in [0.4, 0.5) is 0 Å². The molecule has 20 heavy (non-hydrogen) atoms. The fourth-order valence-electron chi connectivity index (χ4n) is 2.43. The first-order chi connectivity index (χ1) is 9.79. The highest BCUT2D eigenvalue weighted by molar-refractivity contribution is 5.94.